The first-order valence-corrected chi connectivity index (χ1v) is 10.6. The average Bonchev–Trinajstić information content (AvgIpc) is 3.27. The molecule has 0 N–H and O–H groups in total. The van der Waals surface area contributed by atoms with E-state index in [4.69, 9.17) is 4.98 Å². The molecule has 0 saturated carbocycles. The van der Waals surface area contributed by atoms with Crippen LogP contribution < -0.4 is 5.56 Å². The van der Waals surface area contributed by atoms with Crippen molar-refractivity contribution in [2.45, 2.75) is 31.0 Å². The third-order valence-corrected chi connectivity index (χ3v) is 6.17. The average molecular weight is 394 g/mol. The van der Waals surface area contributed by atoms with Crippen molar-refractivity contribution in [1.82, 2.24) is 14.5 Å². The summed E-state index contributed by atoms with van der Waals surface area (Å²) in [5.41, 5.74) is 1.63. The van der Waals surface area contributed by atoms with Crippen LogP contribution in [0.5, 0.6) is 0 Å². The molecule has 28 heavy (non-hydrogen) atoms. The van der Waals surface area contributed by atoms with Crippen LogP contribution in [0, 0.1) is 0 Å². The van der Waals surface area contributed by atoms with Gasteiger partial charge in [-0.2, -0.15) is 0 Å². The van der Waals surface area contributed by atoms with Crippen molar-refractivity contribution in [3.63, 3.8) is 0 Å². The van der Waals surface area contributed by atoms with E-state index in [1.807, 2.05) is 66.4 Å². The van der Waals surface area contributed by atoms with Crippen molar-refractivity contribution in [2.24, 2.45) is 0 Å². The van der Waals surface area contributed by atoms with Gasteiger partial charge in [0.1, 0.15) is 0 Å². The van der Waals surface area contributed by atoms with Gasteiger partial charge in [0, 0.05) is 13.1 Å². The summed E-state index contributed by atoms with van der Waals surface area (Å²) in [5.74, 6) is 0.413. The summed E-state index contributed by atoms with van der Waals surface area (Å²) in [7, 11) is 0. The van der Waals surface area contributed by atoms with Crippen LogP contribution in [-0.2, 0) is 4.79 Å². The van der Waals surface area contributed by atoms with Crippen molar-refractivity contribution in [2.75, 3.05) is 18.8 Å². The lowest BCUT2D eigenvalue weighted by Crippen LogP contribution is -2.30. The fourth-order valence-electron chi connectivity index (χ4n) is 3.63. The summed E-state index contributed by atoms with van der Waals surface area (Å²) < 4.78 is 1.72. The number of hydrogen-bond donors (Lipinski definition) is 0. The number of likely N-dealkylation sites (tertiary alicyclic amines) is 1. The maximum absolute atomic E-state index is 13.3. The van der Waals surface area contributed by atoms with Crippen molar-refractivity contribution < 1.29 is 4.79 Å². The number of thioether (sulfide) groups is 1. The molecule has 1 unspecified atom stereocenters. The quantitative estimate of drug-likeness (QED) is 0.490. The third-order valence-electron chi connectivity index (χ3n) is 5.23. The molecule has 144 valence electrons. The van der Waals surface area contributed by atoms with Gasteiger partial charge in [0.15, 0.2) is 5.16 Å². The fraction of sp³-hybridized carbons (Fsp3) is 0.318. The smallest absolute Gasteiger partial charge is 0.262 e. The highest BCUT2D eigenvalue weighted by Gasteiger charge is 2.21. The zero-order valence-electron chi connectivity index (χ0n) is 15.9. The van der Waals surface area contributed by atoms with Crippen LogP contribution in [0.3, 0.4) is 0 Å². The van der Waals surface area contributed by atoms with Gasteiger partial charge in [-0.3, -0.25) is 14.2 Å². The molecule has 4 rings (SSSR count). The number of para-hydroxylation sites is 1. The molecule has 5 nitrogen and oxygen atoms in total. The van der Waals surface area contributed by atoms with E-state index in [-0.39, 0.29) is 17.5 Å². The van der Waals surface area contributed by atoms with E-state index in [9.17, 15) is 9.59 Å². The largest absolute Gasteiger partial charge is 0.342 e. The Labute approximate surface area is 168 Å². The molecular formula is C22H23N3O2S. The Balaban J connectivity index is 1.73. The van der Waals surface area contributed by atoms with Gasteiger partial charge in [-0.15, -0.1) is 0 Å². The molecule has 1 fully saturated rings. The summed E-state index contributed by atoms with van der Waals surface area (Å²) in [5, 5.41) is 1.19. The van der Waals surface area contributed by atoms with Gasteiger partial charge in [0.25, 0.3) is 5.56 Å². The molecule has 1 aliphatic rings. The molecule has 0 aliphatic carbocycles. The highest BCUT2D eigenvalue weighted by Crippen LogP contribution is 2.25. The molecule has 0 bridgehead atoms. The van der Waals surface area contributed by atoms with E-state index in [0.29, 0.717) is 21.8 Å². The number of fused-ring (bicyclic) bond motifs is 1. The number of carbonyl (C=O) groups excluding carboxylic acids is 1. The van der Waals surface area contributed by atoms with E-state index in [1.54, 1.807) is 4.57 Å². The summed E-state index contributed by atoms with van der Waals surface area (Å²) in [6, 6.07) is 17.1. The van der Waals surface area contributed by atoms with Gasteiger partial charge in [0.2, 0.25) is 5.91 Å². The second-order valence-electron chi connectivity index (χ2n) is 7.05. The lowest BCUT2D eigenvalue weighted by atomic mass is 10.1. The van der Waals surface area contributed by atoms with Gasteiger partial charge < -0.3 is 4.90 Å². The van der Waals surface area contributed by atoms with Crippen molar-refractivity contribution in [3.8, 4) is 0 Å². The Bertz CT molecular complexity index is 1040. The SMILES string of the molecule is CC(c1ccccc1)n1c(SCC(=O)N2CCCC2)nc2ccccc2c1=O. The minimum Gasteiger partial charge on any atom is -0.342 e. The lowest BCUT2D eigenvalue weighted by Gasteiger charge is -2.20. The first-order chi connectivity index (χ1) is 13.6. The number of carbonyl (C=O) groups is 1. The Hall–Kier alpha value is -2.60. The van der Waals surface area contributed by atoms with Gasteiger partial charge in [-0.1, -0.05) is 54.2 Å². The topological polar surface area (TPSA) is 55.2 Å². The zero-order chi connectivity index (χ0) is 19.5. The lowest BCUT2D eigenvalue weighted by molar-refractivity contribution is -0.127. The first-order valence-electron chi connectivity index (χ1n) is 9.62. The monoisotopic (exact) mass is 393 g/mol. The highest BCUT2D eigenvalue weighted by atomic mass is 32.2. The van der Waals surface area contributed by atoms with Crippen molar-refractivity contribution in [3.05, 3.63) is 70.5 Å². The molecular weight excluding hydrogens is 370 g/mol. The summed E-state index contributed by atoms with van der Waals surface area (Å²) in [6.45, 7) is 3.66. The second-order valence-corrected chi connectivity index (χ2v) is 7.99. The van der Waals surface area contributed by atoms with Gasteiger partial charge >= 0.3 is 0 Å². The fourth-order valence-corrected chi connectivity index (χ4v) is 4.61. The molecule has 1 saturated heterocycles. The maximum atomic E-state index is 13.3. The standard InChI is InChI=1S/C22H23N3O2S/c1-16(17-9-3-2-4-10-17)25-21(27)18-11-5-6-12-19(18)23-22(25)28-15-20(26)24-13-7-8-14-24/h2-6,9-12,16H,7-8,13-15H2,1H3. The predicted molar refractivity (Wildman–Crippen MR) is 113 cm³/mol. The number of rotatable bonds is 5. The summed E-state index contributed by atoms with van der Waals surface area (Å²) in [6.07, 6.45) is 2.14. The molecule has 1 atom stereocenters. The van der Waals surface area contributed by atoms with Crippen LogP contribution in [0.25, 0.3) is 10.9 Å². The van der Waals surface area contributed by atoms with E-state index in [2.05, 4.69) is 0 Å². The van der Waals surface area contributed by atoms with Crippen LogP contribution in [0.15, 0.2) is 64.5 Å². The molecule has 3 aromatic rings. The number of aromatic nitrogens is 2. The van der Waals surface area contributed by atoms with E-state index < -0.39 is 0 Å². The van der Waals surface area contributed by atoms with Crippen LogP contribution in [-0.4, -0.2) is 39.2 Å². The number of nitrogens with zero attached hydrogens (tertiary/aromatic N) is 3. The normalized spacial score (nSPS) is 15.1. The van der Waals surface area contributed by atoms with Crippen LogP contribution in [0.1, 0.15) is 31.4 Å². The minimum absolute atomic E-state index is 0.0712. The first kappa shape index (κ1) is 18.7. The Kier molecular flexibility index (Phi) is 5.48. The van der Waals surface area contributed by atoms with E-state index in [1.165, 1.54) is 11.8 Å². The Morgan fingerprint density at radius 1 is 1.07 bits per heavy atom. The molecule has 0 spiro atoms. The van der Waals surface area contributed by atoms with Crippen LogP contribution in [0.2, 0.25) is 0 Å². The molecule has 1 amide bonds. The molecule has 2 aromatic carbocycles. The van der Waals surface area contributed by atoms with Crippen molar-refractivity contribution in [1.29, 1.82) is 0 Å². The van der Waals surface area contributed by atoms with E-state index in [0.717, 1.165) is 31.5 Å². The van der Waals surface area contributed by atoms with Gasteiger partial charge in [-0.25, -0.2) is 4.98 Å². The predicted octanol–water partition coefficient (Wildman–Crippen LogP) is 3.72. The third kappa shape index (κ3) is 3.69. The summed E-state index contributed by atoms with van der Waals surface area (Å²) in [4.78, 5) is 32.4. The maximum Gasteiger partial charge on any atom is 0.262 e. The minimum atomic E-state index is -0.171. The molecule has 0 radical (unpaired) electrons. The number of hydrogen-bond acceptors (Lipinski definition) is 4. The molecule has 6 heteroatoms. The number of benzene rings is 2. The van der Waals surface area contributed by atoms with Gasteiger partial charge in [-0.05, 0) is 37.5 Å². The Morgan fingerprint density at radius 3 is 2.50 bits per heavy atom. The van der Waals surface area contributed by atoms with E-state index >= 15 is 0 Å². The molecule has 1 aliphatic heterocycles. The Morgan fingerprint density at radius 2 is 1.75 bits per heavy atom. The molecule has 1 aromatic heterocycles. The van der Waals surface area contributed by atoms with Crippen LogP contribution >= 0.6 is 11.8 Å². The molecule has 2 heterocycles. The van der Waals surface area contributed by atoms with Crippen LogP contribution in [0.4, 0.5) is 0 Å². The van der Waals surface area contributed by atoms with Gasteiger partial charge in [0.05, 0.1) is 22.7 Å². The summed E-state index contributed by atoms with van der Waals surface area (Å²) >= 11 is 1.35. The second kappa shape index (κ2) is 8.19. The highest BCUT2D eigenvalue weighted by molar-refractivity contribution is 7.99. The number of amides is 1. The van der Waals surface area contributed by atoms with Crippen molar-refractivity contribution >= 4 is 28.6 Å². The zero-order valence-corrected chi connectivity index (χ0v) is 16.7.